The zero-order chi connectivity index (χ0) is 14.5. The van der Waals surface area contributed by atoms with Gasteiger partial charge in [0.2, 0.25) is 5.91 Å². The number of amides is 1. The van der Waals surface area contributed by atoms with E-state index in [0.717, 1.165) is 44.2 Å². The lowest BCUT2D eigenvalue weighted by atomic mass is 10.0. The van der Waals surface area contributed by atoms with E-state index in [1.807, 2.05) is 24.4 Å². The molecule has 5 heteroatoms. The third kappa shape index (κ3) is 4.43. The third-order valence-corrected chi connectivity index (χ3v) is 4.25. The summed E-state index contributed by atoms with van der Waals surface area (Å²) in [4.78, 5) is 18.5. The normalized spacial score (nSPS) is 19.5. The number of carbonyl (C=O) groups is 1. The first-order chi connectivity index (χ1) is 10.3. The van der Waals surface area contributed by atoms with Crippen molar-refractivity contribution in [2.24, 2.45) is 5.92 Å². The molecule has 2 heterocycles. The van der Waals surface area contributed by atoms with Gasteiger partial charge in [-0.1, -0.05) is 6.07 Å². The molecule has 0 aromatic carbocycles. The summed E-state index contributed by atoms with van der Waals surface area (Å²) < 4.78 is 0. The predicted molar refractivity (Wildman–Crippen MR) is 83.2 cm³/mol. The Hall–Kier alpha value is -1.62. The molecule has 0 radical (unpaired) electrons. The molecule has 0 atom stereocenters. The Morgan fingerprint density at radius 2 is 2.05 bits per heavy atom. The molecule has 1 aromatic heterocycles. The van der Waals surface area contributed by atoms with Crippen LogP contribution >= 0.6 is 0 Å². The molecule has 1 aliphatic heterocycles. The van der Waals surface area contributed by atoms with E-state index in [1.165, 1.54) is 12.8 Å². The molecule has 5 nitrogen and oxygen atoms in total. The van der Waals surface area contributed by atoms with Crippen LogP contribution in [-0.4, -0.2) is 43.1 Å². The minimum absolute atomic E-state index is 0.131. The van der Waals surface area contributed by atoms with Gasteiger partial charge in [0.15, 0.2) is 0 Å². The van der Waals surface area contributed by atoms with Crippen LogP contribution in [0.2, 0.25) is 0 Å². The maximum atomic E-state index is 11.9. The summed E-state index contributed by atoms with van der Waals surface area (Å²) in [6, 6.07) is 6.30. The van der Waals surface area contributed by atoms with Crippen molar-refractivity contribution in [2.75, 3.05) is 31.1 Å². The van der Waals surface area contributed by atoms with Crippen molar-refractivity contribution in [2.45, 2.75) is 31.7 Å². The van der Waals surface area contributed by atoms with E-state index >= 15 is 0 Å². The number of aromatic nitrogens is 1. The molecule has 0 spiro atoms. The summed E-state index contributed by atoms with van der Waals surface area (Å²) >= 11 is 0. The van der Waals surface area contributed by atoms with Gasteiger partial charge < -0.3 is 15.5 Å². The number of anilines is 1. The van der Waals surface area contributed by atoms with Crippen LogP contribution in [0.4, 0.5) is 5.82 Å². The van der Waals surface area contributed by atoms with Crippen LogP contribution in [0.5, 0.6) is 0 Å². The molecule has 2 aliphatic rings. The van der Waals surface area contributed by atoms with Crippen molar-refractivity contribution in [1.82, 2.24) is 15.6 Å². The SMILES string of the molecule is O=C(CNCC1CC1)NC1CCN(c2ccccn2)CC1. The molecule has 1 amide bonds. The van der Waals surface area contributed by atoms with E-state index in [0.29, 0.717) is 12.6 Å². The van der Waals surface area contributed by atoms with Crippen LogP contribution in [0.3, 0.4) is 0 Å². The average Bonchev–Trinajstić information content (AvgIpc) is 3.33. The van der Waals surface area contributed by atoms with Crippen molar-refractivity contribution in [3.8, 4) is 0 Å². The molecule has 21 heavy (non-hydrogen) atoms. The summed E-state index contributed by atoms with van der Waals surface area (Å²) in [5, 5.41) is 6.38. The highest BCUT2D eigenvalue weighted by atomic mass is 16.1. The zero-order valence-electron chi connectivity index (χ0n) is 12.4. The van der Waals surface area contributed by atoms with E-state index in [2.05, 4.69) is 20.5 Å². The van der Waals surface area contributed by atoms with Crippen LogP contribution in [0, 0.1) is 5.92 Å². The van der Waals surface area contributed by atoms with E-state index in [-0.39, 0.29) is 5.91 Å². The molecule has 1 saturated carbocycles. The van der Waals surface area contributed by atoms with E-state index in [9.17, 15) is 4.79 Å². The molecule has 1 saturated heterocycles. The minimum atomic E-state index is 0.131. The molecular formula is C16H24N4O. The van der Waals surface area contributed by atoms with Gasteiger partial charge in [-0.3, -0.25) is 4.79 Å². The fourth-order valence-electron chi connectivity index (χ4n) is 2.78. The van der Waals surface area contributed by atoms with Crippen LogP contribution < -0.4 is 15.5 Å². The highest BCUT2D eigenvalue weighted by molar-refractivity contribution is 5.78. The maximum absolute atomic E-state index is 11.9. The van der Waals surface area contributed by atoms with Crippen LogP contribution in [-0.2, 0) is 4.79 Å². The van der Waals surface area contributed by atoms with Crippen molar-refractivity contribution in [1.29, 1.82) is 0 Å². The largest absolute Gasteiger partial charge is 0.356 e. The Morgan fingerprint density at radius 3 is 2.71 bits per heavy atom. The van der Waals surface area contributed by atoms with Gasteiger partial charge in [0.25, 0.3) is 0 Å². The molecule has 2 fully saturated rings. The zero-order valence-corrected chi connectivity index (χ0v) is 12.4. The second-order valence-electron chi connectivity index (χ2n) is 6.09. The summed E-state index contributed by atoms with van der Waals surface area (Å²) in [7, 11) is 0. The van der Waals surface area contributed by atoms with Crippen LogP contribution in [0.15, 0.2) is 24.4 Å². The van der Waals surface area contributed by atoms with E-state index in [1.54, 1.807) is 0 Å². The Balaban J connectivity index is 1.36. The number of hydrogen-bond donors (Lipinski definition) is 2. The fraction of sp³-hybridized carbons (Fsp3) is 0.625. The third-order valence-electron chi connectivity index (χ3n) is 4.25. The Labute approximate surface area is 126 Å². The van der Waals surface area contributed by atoms with Crippen molar-refractivity contribution < 1.29 is 4.79 Å². The Bertz CT molecular complexity index is 453. The van der Waals surface area contributed by atoms with E-state index < -0.39 is 0 Å². The van der Waals surface area contributed by atoms with Crippen molar-refractivity contribution in [3.63, 3.8) is 0 Å². The van der Waals surface area contributed by atoms with Gasteiger partial charge in [-0.2, -0.15) is 0 Å². The Kier molecular flexibility index (Phi) is 4.70. The number of hydrogen-bond acceptors (Lipinski definition) is 4. The summed E-state index contributed by atoms with van der Waals surface area (Å²) in [6.07, 6.45) is 6.45. The van der Waals surface area contributed by atoms with Crippen LogP contribution in [0.1, 0.15) is 25.7 Å². The van der Waals surface area contributed by atoms with Gasteiger partial charge in [0.05, 0.1) is 6.54 Å². The lowest BCUT2D eigenvalue weighted by Gasteiger charge is -2.33. The first kappa shape index (κ1) is 14.3. The fourth-order valence-corrected chi connectivity index (χ4v) is 2.78. The maximum Gasteiger partial charge on any atom is 0.234 e. The number of pyridine rings is 1. The summed E-state index contributed by atoms with van der Waals surface area (Å²) in [6.45, 7) is 3.36. The smallest absolute Gasteiger partial charge is 0.234 e. The average molecular weight is 288 g/mol. The number of nitrogens with one attached hydrogen (secondary N) is 2. The number of rotatable bonds is 6. The highest BCUT2D eigenvalue weighted by Gasteiger charge is 2.22. The molecule has 0 unspecified atom stereocenters. The quantitative estimate of drug-likeness (QED) is 0.825. The van der Waals surface area contributed by atoms with Crippen molar-refractivity contribution >= 4 is 11.7 Å². The number of nitrogens with zero attached hydrogens (tertiary/aromatic N) is 2. The Morgan fingerprint density at radius 1 is 1.24 bits per heavy atom. The molecule has 3 rings (SSSR count). The van der Waals surface area contributed by atoms with Gasteiger partial charge in [-0.25, -0.2) is 4.98 Å². The molecule has 1 aromatic rings. The minimum Gasteiger partial charge on any atom is -0.356 e. The molecule has 114 valence electrons. The lowest BCUT2D eigenvalue weighted by molar-refractivity contribution is -0.121. The predicted octanol–water partition coefficient (Wildman–Crippen LogP) is 1.17. The van der Waals surface area contributed by atoms with Crippen molar-refractivity contribution in [3.05, 3.63) is 24.4 Å². The second kappa shape index (κ2) is 6.89. The standard InChI is InChI=1S/C16H24N4O/c21-16(12-17-11-13-4-5-13)19-14-6-9-20(10-7-14)15-3-1-2-8-18-15/h1-3,8,13-14,17H,4-7,9-12H2,(H,19,21). The van der Waals surface area contributed by atoms with Gasteiger partial charge in [-0.15, -0.1) is 0 Å². The molecule has 0 bridgehead atoms. The first-order valence-corrected chi connectivity index (χ1v) is 7.97. The second-order valence-corrected chi connectivity index (χ2v) is 6.09. The molecular weight excluding hydrogens is 264 g/mol. The molecule has 1 aliphatic carbocycles. The van der Waals surface area contributed by atoms with Gasteiger partial charge >= 0.3 is 0 Å². The monoisotopic (exact) mass is 288 g/mol. The summed E-state index contributed by atoms with van der Waals surface area (Å²) in [5.41, 5.74) is 0. The topological polar surface area (TPSA) is 57.3 Å². The van der Waals surface area contributed by atoms with E-state index in [4.69, 9.17) is 0 Å². The molecule has 2 N–H and O–H groups in total. The first-order valence-electron chi connectivity index (χ1n) is 7.97. The van der Waals surface area contributed by atoms with Gasteiger partial charge in [-0.05, 0) is 50.3 Å². The van der Waals surface area contributed by atoms with Gasteiger partial charge in [0, 0.05) is 25.3 Å². The lowest BCUT2D eigenvalue weighted by Crippen LogP contribution is -2.47. The summed E-state index contributed by atoms with van der Waals surface area (Å²) in [5.74, 6) is 1.99. The number of carbonyl (C=O) groups excluding carboxylic acids is 1. The number of piperidine rings is 1. The van der Waals surface area contributed by atoms with Gasteiger partial charge in [0.1, 0.15) is 5.82 Å². The highest BCUT2D eigenvalue weighted by Crippen LogP contribution is 2.27. The van der Waals surface area contributed by atoms with Crippen LogP contribution in [0.25, 0.3) is 0 Å².